The fourth-order valence-corrected chi connectivity index (χ4v) is 2.77. The molecule has 120 valence electrons. The molecule has 2 rings (SSSR count). The molecule has 1 aromatic rings. The van der Waals surface area contributed by atoms with Crippen LogP contribution in [-0.4, -0.2) is 30.7 Å². The molecule has 1 aliphatic heterocycles. The van der Waals surface area contributed by atoms with Crippen LogP contribution in [-0.2, 0) is 14.9 Å². The Morgan fingerprint density at radius 2 is 1.73 bits per heavy atom. The number of ether oxygens (including phenoxy) is 1. The Morgan fingerprint density at radius 3 is 2.27 bits per heavy atom. The molecule has 1 heterocycles. The van der Waals surface area contributed by atoms with E-state index in [0.717, 1.165) is 18.7 Å². The number of rotatable bonds is 2. The van der Waals surface area contributed by atoms with Gasteiger partial charge in [-0.25, -0.2) is 4.79 Å². The van der Waals surface area contributed by atoms with E-state index in [1.54, 1.807) is 20.8 Å². The molecule has 0 saturated carbocycles. The maximum Gasteiger partial charge on any atom is 0.414 e. The second kappa shape index (κ2) is 6.48. The molecule has 0 spiro atoms. The van der Waals surface area contributed by atoms with Crippen LogP contribution in [0.3, 0.4) is 0 Å². The number of imide groups is 1. The molecule has 0 unspecified atom stereocenters. The van der Waals surface area contributed by atoms with Gasteiger partial charge in [0.1, 0.15) is 5.60 Å². The summed E-state index contributed by atoms with van der Waals surface area (Å²) in [6, 6.07) is 9.64. The standard InChI is InChI=1S/C17H24N2O3/c1-16(2,3)22-15(21)19-14(20)17(9-11-18-12-10-17)13-7-5-4-6-8-13/h4-8,18H,9-12H2,1-3H3,(H,19,20,21). The van der Waals surface area contributed by atoms with Crippen LogP contribution in [0.15, 0.2) is 30.3 Å². The van der Waals surface area contributed by atoms with E-state index < -0.39 is 17.1 Å². The number of hydrogen-bond acceptors (Lipinski definition) is 4. The van der Waals surface area contributed by atoms with E-state index >= 15 is 0 Å². The van der Waals surface area contributed by atoms with Crippen LogP contribution in [0.2, 0.25) is 0 Å². The molecule has 0 atom stereocenters. The van der Waals surface area contributed by atoms with Gasteiger partial charge in [0.05, 0.1) is 5.41 Å². The van der Waals surface area contributed by atoms with Crippen LogP contribution in [0.4, 0.5) is 4.79 Å². The molecule has 5 heteroatoms. The zero-order valence-corrected chi connectivity index (χ0v) is 13.4. The van der Waals surface area contributed by atoms with Crippen molar-refractivity contribution in [2.45, 2.75) is 44.6 Å². The molecule has 0 bridgehead atoms. The molecule has 22 heavy (non-hydrogen) atoms. The van der Waals surface area contributed by atoms with Crippen LogP contribution in [0.5, 0.6) is 0 Å². The van der Waals surface area contributed by atoms with Crippen molar-refractivity contribution in [1.82, 2.24) is 10.6 Å². The first-order valence-electron chi connectivity index (χ1n) is 7.64. The summed E-state index contributed by atoms with van der Waals surface area (Å²) in [5, 5.41) is 5.68. The lowest BCUT2D eigenvalue weighted by atomic mass is 9.72. The zero-order chi connectivity index (χ0) is 16.2. The second-order valence-corrected chi connectivity index (χ2v) is 6.65. The van der Waals surface area contributed by atoms with Crippen molar-refractivity contribution in [3.8, 4) is 0 Å². The fourth-order valence-electron chi connectivity index (χ4n) is 2.77. The number of carbonyl (C=O) groups excluding carboxylic acids is 2. The first-order valence-corrected chi connectivity index (χ1v) is 7.64. The minimum Gasteiger partial charge on any atom is -0.444 e. The molecule has 0 aliphatic carbocycles. The molecule has 1 aromatic carbocycles. The molecular weight excluding hydrogens is 280 g/mol. The van der Waals surface area contributed by atoms with Gasteiger partial charge in [-0.1, -0.05) is 30.3 Å². The number of hydrogen-bond donors (Lipinski definition) is 2. The zero-order valence-electron chi connectivity index (χ0n) is 13.4. The molecule has 1 saturated heterocycles. The molecule has 1 fully saturated rings. The Kier molecular flexibility index (Phi) is 4.86. The summed E-state index contributed by atoms with van der Waals surface area (Å²) in [4.78, 5) is 24.7. The lowest BCUT2D eigenvalue weighted by Crippen LogP contribution is -2.52. The van der Waals surface area contributed by atoms with E-state index in [9.17, 15) is 9.59 Å². The Bertz CT molecular complexity index is 529. The summed E-state index contributed by atoms with van der Waals surface area (Å²) in [6.07, 6.45) is 0.628. The van der Waals surface area contributed by atoms with Gasteiger partial charge in [0.2, 0.25) is 5.91 Å². The van der Waals surface area contributed by atoms with Crippen molar-refractivity contribution in [2.24, 2.45) is 0 Å². The summed E-state index contributed by atoms with van der Waals surface area (Å²) in [6.45, 7) is 6.81. The lowest BCUT2D eigenvalue weighted by Gasteiger charge is -2.36. The summed E-state index contributed by atoms with van der Waals surface area (Å²) in [5.41, 5.74) is -0.362. The highest BCUT2D eigenvalue weighted by molar-refractivity contribution is 5.98. The minimum absolute atomic E-state index is 0.283. The molecule has 2 amide bonds. The largest absolute Gasteiger partial charge is 0.444 e. The fraction of sp³-hybridized carbons (Fsp3) is 0.529. The maximum absolute atomic E-state index is 12.8. The Labute approximate surface area is 131 Å². The average molecular weight is 304 g/mol. The normalized spacial score (nSPS) is 17.6. The van der Waals surface area contributed by atoms with Crippen molar-refractivity contribution in [3.05, 3.63) is 35.9 Å². The Morgan fingerprint density at radius 1 is 1.14 bits per heavy atom. The van der Waals surface area contributed by atoms with E-state index in [4.69, 9.17) is 4.74 Å². The van der Waals surface area contributed by atoms with E-state index in [0.29, 0.717) is 12.8 Å². The third-order valence-corrected chi connectivity index (χ3v) is 3.83. The van der Waals surface area contributed by atoms with Gasteiger partial charge < -0.3 is 10.1 Å². The Hall–Kier alpha value is -1.88. The van der Waals surface area contributed by atoms with Gasteiger partial charge in [-0.3, -0.25) is 10.1 Å². The van der Waals surface area contributed by atoms with Gasteiger partial charge in [-0.05, 0) is 52.3 Å². The number of carbonyl (C=O) groups is 2. The van der Waals surface area contributed by atoms with Crippen LogP contribution in [0, 0.1) is 0 Å². The molecule has 2 N–H and O–H groups in total. The third kappa shape index (κ3) is 3.85. The SMILES string of the molecule is CC(C)(C)OC(=O)NC(=O)C1(c2ccccc2)CCNCC1. The molecule has 5 nitrogen and oxygen atoms in total. The summed E-state index contributed by atoms with van der Waals surface area (Å²) < 4.78 is 5.19. The van der Waals surface area contributed by atoms with E-state index in [1.807, 2.05) is 30.3 Å². The summed E-state index contributed by atoms with van der Waals surface area (Å²) in [5.74, 6) is -0.283. The monoisotopic (exact) mass is 304 g/mol. The van der Waals surface area contributed by atoms with Crippen LogP contribution in [0.1, 0.15) is 39.2 Å². The van der Waals surface area contributed by atoms with Crippen LogP contribution >= 0.6 is 0 Å². The van der Waals surface area contributed by atoms with Gasteiger partial charge in [0.25, 0.3) is 0 Å². The van der Waals surface area contributed by atoms with Gasteiger partial charge in [-0.15, -0.1) is 0 Å². The third-order valence-electron chi connectivity index (χ3n) is 3.83. The molecular formula is C17H24N2O3. The summed E-state index contributed by atoms with van der Waals surface area (Å²) in [7, 11) is 0. The quantitative estimate of drug-likeness (QED) is 0.880. The topological polar surface area (TPSA) is 67.4 Å². The van der Waals surface area contributed by atoms with Crippen molar-refractivity contribution in [2.75, 3.05) is 13.1 Å². The highest BCUT2D eigenvalue weighted by Crippen LogP contribution is 2.33. The molecule has 0 radical (unpaired) electrons. The van der Waals surface area contributed by atoms with Crippen LogP contribution in [0.25, 0.3) is 0 Å². The predicted octanol–water partition coefficient (Wildman–Crippen LogP) is 2.36. The number of amides is 2. The highest BCUT2D eigenvalue weighted by Gasteiger charge is 2.42. The van der Waals surface area contributed by atoms with Gasteiger partial charge in [0.15, 0.2) is 0 Å². The number of nitrogens with one attached hydrogen (secondary N) is 2. The second-order valence-electron chi connectivity index (χ2n) is 6.65. The van der Waals surface area contributed by atoms with E-state index in [1.165, 1.54) is 0 Å². The van der Waals surface area contributed by atoms with Crippen molar-refractivity contribution in [1.29, 1.82) is 0 Å². The van der Waals surface area contributed by atoms with E-state index in [-0.39, 0.29) is 5.91 Å². The number of piperidine rings is 1. The van der Waals surface area contributed by atoms with Crippen molar-refractivity contribution < 1.29 is 14.3 Å². The lowest BCUT2D eigenvalue weighted by molar-refractivity contribution is -0.127. The van der Waals surface area contributed by atoms with E-state index in [2.05, 4.69) is 10.6 Å². The highest BCUT2D eigenvalue weighted by atomic mass is 16.6. The number of benzene rings is 1. The first-order chi connectivity index (χ1) is 10.3. The molecule has 1 aliphatic rings. The smallest absolute Gasteiger partial charge is 0.414 e. The molecule has 0 aromatic heterocycles. The predicted molar refractivity (Wildman–Crippen MR) is 84.6 cm³/mol. The number of alkyl carbamates (subject to hydrolysis) is 1. The van der Waals surface area contributed by atoms with Crippen LogP contribution < -0.4 is 10.6 Å². The summed E-state index contributed by atoms with van der Waals surface area (Å²) >= 11 is 0. The minimum atomic E-state index is -0.689. The van der Waals surface area contributed by atoms with Gasteiger partial charge in [0, 0.05) is 0 Å². The van der Waals surface area contributed by atoms with Gasteiger partial charge >= 0.3 is 6.09 Å². The first kappa shape index (κ1) is 16.5. The van der Waals surface area contributed by atoms with Crippen molar-refractivity contribution in [3.63, 3.8) is 0 Å². The Balaban J connectivity index is 2.19. The van der Waals surface area contributed by atoms with Crippen molar-refractivity contribution >= 4 is 12.0 Å². The average Bonchev–Trinajstić information content (AvgIpc) is 2.46. The van der Waals surface area contributed by atoms with Gasteiger partial charge in [-0.2, -0.15) is 0 Å². The maximum atomic E-state index is 12.8.